The van der Waals surface area contributed by atoms with E-state index in [0.29, 0.717) is 0 Å². The number of thiophene rings is 2. The number of hydrogen-bond acceptors (Lipinski definition) is 4. The minimum Gasteiger partial charge on any atom is -0.456 e. The number of fused-ring (bicyclic) bond motifs is 14. The Morgan fingerprint density at radius 2 is 1.14 bits per heavy atom. The highest BCUT2D eigenvalue weighted by Crippen LogP contribution is 2.47. The minimum atomic E-state index is 0.0868. The summed E-state index contributed by atoms with van der Waals surface area (Å²) >= 11 is 3.80. The smallest absolute Gasteiger partial charge is 0.139 e. The third-order valence-corrected chi connectivity index (χ3v) is 14.9. The van der Waals surface area contributed by atoms with Gasteiger partial charge in [-0.3, -0.25) is 0 Å². The fourth-order valence-corrected chi connectivity index (χ4v) is 12.1. The maximum Gasteiger partial charge on any atom is 0.139 e. The van der Waals surface area contributed by atoms with Gasteiger partial charge in [-0.05, 0) is 94.4 Å². The summed E-state index contributed by atoms with van der Waals surface area (Å²) in [5.74, 6) is 0.0868. The topological polar surface area (TPSA) is 26.3 Å². The monoisotopic (exact) mass is 790 g/mol. The van der Waals surface area contributed by atoms with Crippen LogP contribution in [0.5, 0.6) is 0 Å². The Hall–Kier alpha value is -6.72. The summed E-state index contributed by atoms with van der Waals surface area (Å²) in [4.78, 5) is 0. The lowest BCUT2D eigenvalue weighted by Gasteiger charge is -2.19. The zero-order chi connectivity index (χ0) is 38.6. The molecule has 1 unspecified atom stereocenters. The third-order valence-electron chi connectivity index (χ3n) is 12.6. The Kier molecular flexibility index (Phi) is 7.27. The van der Waals surface area contributed by atoms with E-state index in [1.165, 1.54) is 84.3 Å². The molecule has 2 nitrogen and oxygen atoms in total. The summed E-state index contributed by atoms with van der Waals surface area (Å²) in [7, 11) is 0. The normalized spacial score (nSPS) is 12.8. The fraction of sp³-hybridized carbons (Fsp3) is 0.0545. The first-order chi connectivity index (χ1) is 29.2. The van der Waals surface area contributed by atoms with E-state index in [4.69, 9.17) is 8.83 Å². The van der Waals surface area contributed by atoms with E-state index >= 15 is 0 Å². The quantitative estimate of drug-likeness (QED) is 0.168. The second kappa shape index (κ2) is 12.9. The van der Waals surface area contributed by atoms with Crippen LogP contribution in [0.15, 0.2) is 185 Å². The van der Waals surface area contributed by atoms with Crippen LogP contribution in [0.1, 0.15) is 29.0 Å². The SMILES string of the molecule is c1ccc2c(c1)cc(-c1ccc3c(c1)sc1ccccc13)c1c3cc(C(CCc4ccc5c(c4)oc4ccccc45)c4cccc5c4oc4ccccc45)ccc3sc21. The molecule has 59 heavy (non-hydrogen) atoms. The first-order valence-corrected chi connectivity index (χ1v) is 22.0. The van der Waals surface area contributed by atoms with Crippen molar-refractivity contribution in [2.75, 3.05) is 0 Å². The molecule has 0 saturated carbocycles. The Bertz CT molecular complexity index is 3820. The van der Waals surface area contributed by atoms with E-state index in [9.17, 15) is 0 Å². The molecule has 13 rings (SSSR count). The van der Waals surface area contributed by atoms with Crippen LogP contribution in [0, 0.1) is 0 Å². The van der Waals surface area contributed by atoms with Gasteiger partial charge in [0.15, 0.2) is 0 Å². The van der Waals surface area contributed by atoms with Crippen molar-refractivity contribution >= 4 is 118 Å². The molecule has 0 aliphatic heterocycles. The lowest BCUT2D eigenvalue weighted by atomic mass is 9.84. The van der Waals surface area contributed by atoms with Crippen LogP contribution < -0.4 is 0 Å². The number of hydrogen-bond donors (Lipinski definition) is 0. The molecule has 4 heterocycles. The van der Waals surface area contributed by atoms with E-state index < -0.39 is 0 Å². The van der Waals surface area contributed by atoms with Crippen molar-refractivity contribution in [1.29, 1.82) is 0 Å². The summed E-state index contributed by atoms with van der Waals surface area (Å²) in [5, 5.41) is 12.5. The van der Waals surface area contributed by atoms with Crippen LogP contribution in [0.4, 0.5) is 0 Å². The van der Waals surface area contributed by atoms with Gasteiger partial charge in [0.25, 0.3) is 0 Å². The molecule has 0 radical (unpaired) electrons. The van der Waals surface area contributed by atoms with Crippen LogP contribution in [0.2, 0.25) is 0 Å². The third kappa shape index (κ3) is 5.16. The first kappa shape index (κ1) is 33.3. The second-order valence-corrected chi connectivity index (χ2v) is 18.0. The highest BCUT2D eigenvalue weighted by molar-refractivity contribution is 7.27. The van der Waals surface area contributed by atoms with Crippen molar-refractivity contribution in [3.63, 3.8) is 0 Å². The van der Waals surface area contributed by atoms with Gasteiger partial charge in [-0.1, -0.05) is 127 Å². The zero-order valence-corrected chi connectivity index (χ0v) is 33.5. The predicted molar refractivity (Wildman–Crippen MR) is 253 cm³/mol. The van der Waals surface area contributed by atoms with Gasteiger partial charge in [0.2, 0.25) is 0 Å². The van der Waals surface area contributed by atoms with E-state index in [2.05, 4.69) is 170 Å². The van der Waals surface area contributed by atoms with Crippen LogP contribution in [0.3, 0.4) is 0 Å². The Morgan fingerprint density at radius 1 is 0.441 bits per heavy atom. The lowest BCUT2D eigenvalue weighted by molar-refractivity contribution is 0.644. The van der Waals surface area contributed by atoms with Gasteiger partial charge in [0.1, 0.15) is 22.3 Å². The van der Waals surface area contributed by atoms with E-state index in [0.717, 1.165) is 51.3 Å². The largest absolute Gasteiger partial charge is 0.456 e. The fourth-order valence-electron chi connectivity index (χ4n) is 9.75. The zero-order valence-electron chi connectivity index (χ0n) is 31.9. The van der Waals surface area contributed by atoms with Crippen LogP contribution in [-0.2, 0) is 6.42 Å². The molecule has 0 fully saturated rings. The van der Waals surface area contributed by atoms with E-state index in [1.54, 1.807) is 0 Å². The maximum absolute atomic E-state index is 6.74. The van der Waals surface area contributed by atoms with Gasteiger partial charge < -0.3 is 8.83 Å². The number of benzene rings is 9. The Morgan fingerprint density at radius 3 is 2.03 bits per heavy atom. The average molecular weight is 791 g/mol. The predicted octanol–water partition coefficient (Wildman–Crippen LogP) is 16.8. The number of aryl methyl sites for hydroxylation is 1. The lowest BCUT2D eigenvalue weighted by Crippen LogP contribution is -2.04. The Labute approximate surface area is 347 Å². The molecular formula is C55H34O2S2. The molecule has 0 bridgehead atoms. The first-order valence-electron chi connectivity index (χ1n) is 20.3. The summed E-state index contributed by atoms with van der Waals surface area (Å²) in [6, 6.07) is 64.6. The van der Waals surface area contributed by atoms with Crippen LogP contribution >= 0.6 is 22.7 Å². The number of rotatable bonds is 6. The molecule has 0 N–H and O–H groups in total. The molecule has 278 valence electrons. The summed E-state index contributed by atoms with van der Waals surface area (Å²) in [6.45, 7) is 0. The molecule has 0 saturated heterocycles. The summed E-state index contributed by atoms with van der Waals surface area (Å²) in [5.41, 5.74) is 10.1. The van der Waals surface area contributed by atoms with Crippen molar-refractivity contribution < 1.29 is 8.83 Å². The highest BCUT2D eigenvalue weighted by Gasteiger charge is 2.23. The van der Waals surface area contributed by atoms with E-state index in [1.807, 2.05) is 28.7 Å². The molecule has 0 aliphatic rings. The molecule has 0 aliphatic carbocycles. The summed E-state index contributed by atoms with van der Waals surface area (Å²) < 4.78 is 18.4. The number of furan rings is 2. The molecule has 4 aromatic heterocycles. The van der Waals surface area contributed by atoms with Crippen LogP contribution in [0.25, 0.3) is 106 Å². The number of para-hydroxylation sites is 3. The maximum atomic E-state index is 6.74. The van der Waals surface area contributed by atoms with Gasteiger partial charge in [-0.25, -0.2) is 0 Å². The van der Waals surface area contributed by atoms with Gasteiger partial charge in [0, 0.05) is 73.4 Å². The van der Waals surface area contributed by atoms with Crippen molar-refractivity contribution in [3.05, 3.63) is 193 Å². The van der Waals surface area contributed by atoms with Gasteiger partial charge >= 0.3 is 0 Å². The summed E-state index contributed by atoms with van der Waals surface area (Å²) in [6.07, 6.45) is 1.80. The molecule has 9 aromatic carbocycles. The van der Waals surface area contributed by atoms with Crippen molar-refractivity contribution in [2.24, 2.45) is 0 Å². The van der Waals surface area contributed by atoms with Gasteiger partial charge in [-0.2, -0.15) is 0 Å². The molecule has 0 spiro atoms. The minimum absolute atomic E-state index is 0.0868. The van der Waals surface area contributed by atoms with Crippen molar-refractivity contribution in [2.45, 2.75) is 18.8 Å². The average Bonchev–Trinajstić information content (AvgIpc) is 4.06. The standard InChI is InChI=1S/C55H34O2S2/c1-2-11-37-33(10-1)29-45(35-22-26-42-41-14-5-8-19-50(41)58-52(42)31-35)53-46-30-34(23-27-51(46)59-55(37)53)36(43-15-9-16-44-39-13-4-7-18-48(39)57-54(43)44)24-20-32-21-25-40-38-12-3-6-17-47(38)56-49(40)28-32/h1-19,21-23,25-31,36H,20,24H2. The Balaban J connectivity index is 1.01. The second-order valence-electron chi connectivity index (χ2n) is 15.9. The molecular weight excluding hydrogens is 757 g/mol. The molecule has 4 heteroatoms. The highest BCUT2D eigenvalue weighted by atomic mass is 32.1. The molecule has 13 aromatic rings. The van der Waals surface area contributed by atoms with Crippen molar-refractivity contribution in [3.8, 4) is 11.1 Å². The van der Waals surface area contributed by atoms with Gasteiger partial charge in [-0.15, -0.1) is 22.7 Å². The molecule has 0 amide bonds. The van der Waals surface area contributed by atoms with Gasteiger partial charge in [0.05, 0.1) is 0 Å². The van der Waals surface area contributed by atoms with Crippen LogP contribution in [-0.4, -0.2) is 0 Å². The van der Waals surface area contributed by atoms with E-state index in [-0.39, 0.29) is 5.92 Å². The molecule has 1 atom stereocenters. The van der Waals surface area contributed by atoms with Crippen molar-refractivity contribution in [1.82, 2.24) is 0 Å².